The average Bonchev–Trinajstić information content (AvgIpc) is 3.23. The largest absolute Gasteiger partial charge is 0.444 e. The number of rotatable bonds is 3. The van der Waals surface area contributed by atoms with Crippen LogP contribution in [0.1, 0.15) is 66.0 Å². The van der Waals surface area contributed by atoms with Gasteiger partial charge in [0.05, 0.1) is 18.4 Å². The minimum absolute atomic E-state index is 0.193. The van der Waals surface area contributed by atoms with Crippen LogP contribution in [0.25, 0.3) is 5.82 Å². The minimum atomic E-state index is -1.10. The first-order valence-electron chi connectivity index (χ1n) is 12.0. The molecule has 2 aromatic heterocycles. The Bertz CT molecular complexity index is 1160. The second-order valence-corrected chi connectivity index (χ2v) is 11.0. The van der Waals surface area contributed by atoms with Crippen LogP contribution in [0.2, 0.25) is 0 Å². The summed E-state index contributed by atoms with van der Waals surface area (Å²) in [5.41, 5.74) is -2.09. The zero-order valence-corrected chi connectivity index (χ0v) is 21.5. The maximum Gasteiger partial charge on any atom is 0.410 e. The molecule has 1 N–H and O–H groups in total. The number of pyridine rings is 1. The molecule has 0 radical (unpaired) electrons. The van der Waals surface area contributed by atoms with E-state index in [2.05, 4.69) is 15.4 Å². The summed E-state index contributed by atoms with van der Waals surface area (Å²) in [6.07, 6.45) is 4.07. The van der Waals surface area contributed by atoms with Crippen molar-refractivity contribution in [3.05, 3.63) is 42.1 Å². The zero-order valence-electron chi connectivity index (χ0n) is 21.5. The monoisotopic (exact) mass is 500 g/mol. The predicted octanol–water partition coefficient (Wildman–Crippen LogP) is 2.97. The standard InChI is InChI=1S/C25H33FN6O4/c1-16(17-7-8-19(27-13-17)31-15-18(26)14-28-31)32-21(34)25(29-20(33)24(32,5)6)9-11-30(12-10-25)22(35)36-23(2,3)4/h7-8,13-16H,9-12H2,1-6H3,(H,29,33)/t16-/m0/s1. The molecule has 0 aliphatic carbocycles. The Labute approximate surface area is 209 Å². The number of halogens is 1. The highest BCUT2D eigenvalue weighted by Gasteiger charge is 2.57. The number of hydrogen-bond acceptors (Lipinski definition) is 6. The van der Waals surface area contributed by atoms with Crippen molar-refractivity contribution < 1.29 is 23.5 Å². The number of carbonyl (C=O) groups excluding carboxylic acids is 3. The van der Waals surface area contributed by atoms with Gasteiger partial charge in [-0.05, 0) is 66.0 Å². The number of piperazine rings is 1. The Morgan fingerprint density at radius 3 is 2.36 bits per heavy atom. The lowest BCUT2D eigenvalue weighted by molar-refractivity contribution is -0.166. The normalized spacial score (nSPS) is 20.3. The summed E-state index contributed by atoms with van der Waals surface area (Å²) in [5, 5.41) is 6.89. The summed E-state index contributed by atoms with van der Waals surface area (Å²) >= 11 is 0. The zero-order chi connectivity index (χ0) is 26.5. The number of likely N-dealkylation sites (tertiary alicyclic amines) is 1. The quantitative estimate of drug-likeness (QED) is 0.694. The molecule has 2 fully saturated rings. The van der Waals surface area contributed by atoms with Crippen LogP contribution in [0.3, 0.4) is 0 Å². The number of aromatic nitrogens is 3. The maximum atomic E-state index is 14.0. The first kappa shape index (κ1) is 25.6. The molecule has 0 unspecified atom stereocenters. The molecule has 3 amide bonds. The Hall–Kier alpha value is -3.50. The van der Waals surface area contributed by atoms with Crippen LogP contribution >= 0.6 is 0 Å². The molecular formula is C25H33FN6O4. The van der Waals surface area contributed by atoms with E-state index in [0.717, 1.165) is 11.8 Å². The van der Waals surface area contributed by atoms with Gasteiger partial charge in [-0.1, -0.05) is 6.07 Å². The second-order valence-electron chi connectivity index (χ2n) is 11.0. The topological polar surface area (TPSA) is 110 Å². The third-order valence-corrected chi connectivity index (χ3v) is 6.83. The van der Waals surface area contributed by atoms with Crippen molar-refractivity contribution in [3.8, 4) is 5.82 Å². The van der Waals surface area contributed by atoms with Gasteiger partial charge in [0.15, 0.2) is 11.6 Å². The molecule has 2 saturated heterocycles. The van der Waals surface area contributed by atoms with Gasteiger partial charge in [-0.15, -0.1) is 0 Å². The van der Waals surface area contributed by atoms with Crippen molar-refractivity contribution in [2.24, 2.45) is 0 Å². The molecule has 0 bridgehead atoms. The van der Waals surface area contributed by atoms with Crippen LogP contribution < -0.4 is 5.32 Å². The molecule has 1 spiro atoms. The van der Waals surface area contributed by atoms with Gasteiger partial charge in [-0.3, -0.25) is 9.59 Å². The summed E-state index contributed by atoms with van der Waals surface area (Å²) in [4.78, 5) is 47.3. The molecular weight excluding hydrogens is 467 g/mol. The molecule has 4 heterocycles. The molecule has 194 valence electrons. The molecule has 10 nitrogen and oxygen atoms in total. The van der Waals surface area contributed by atoms with E-state index in [1.165, 1.54) is 10.9 Å². The molecule has 0 aromatic carbocycles. The van der Waals surface area contributed by atoms with Gasteiger partial charge in [0.2, 0.25) is 11.8 Å². The summed E-state index contributed by atoms with van der Waals surface area (Å²) < 4.78 is 20.1. The van der Waals surface area contributed by atoms with Crippen molar-refractivity contribution in [1.82, 2.24) is 29.9 Å². The average molecular weight is 501 g/mol. The number of nitrogens with one attached hydrogen (secondary N) is 1. The maximum absolute atomic E-state index is 14.0. The number of hydrogen-bond donors (Lipinski definition) is 1. The van der Waals surface area contributed by atoms with E-state index in [-0.39, 0.29) is 24.7 Å². The molecule has 36 heavy (non-hydrogen) atoms. The van der Waals surface area contributed by atoms with Gasteiger partial charge in [-0.2, -0.15) is 5.10 Å². The van der Waals surface area contributed by atoms with Crippen molar-refractivity contribution in [2.75, 3.05) is 13.1 Å². The van der Waals surface area contributed by atoms with E-state index in [9.17, 15) is 18.8 Å². The Balaban J connectivity index is 1.55. The number of piperidine rings is 1. The highest BCUT2D eigenvalue weighted by molar-refractivity contribution is 6.02. The van der Waals surface area contributed by atoms with Crippen LogP contribution in [0, 0.1) is 5.82 Å². The van der Waals surface area contributed by atoms with Gasteiger partial charge in [0.1, 0.15) is 16.7 Å². The number of carbonyl (C=O) groups is 3. The van der Waals surface area contributed by atoms with Crippen LogP contribution in [0.4, 0.5) is 9.18 Å². The molecule has 2 aromatic rings. The third kappa shape index (κ3) is 4.66. The van der Waals surface area contributed by atoms with Crippen molar-refractivity contribution in [1.29, 1.82) is 0 Å². The molecule has 4 rings (SSSR count). The van der Waals surface area contributed by atoms with Gasteiger partial charge >= 0.3 is 6.09 Å². The van der Waals surface area contributed by atoms with E-state index < -0.39 is 34.6 Å². The predicted molar refractivity (Wildman–Crippen MR) is 129 cm³/mol. The fourth-order valence-electron chi connectivity index (χ4n) is 4.77. The van der Waals surface area contributed by atoms with E-state index in [4.69, 9.17) is 4.74 Å². The highest BCUT2D eigenvalue weighted by atomic mass is 19.1. The minimum Gasteiger partial charge on any atom is -0.444 e. The van der Waals surface area contributed by atoms with Gasteiger partial charge in [0, 0.05) is 19.3 Å². The fraction of sp³-hybridized carbons (Fsp3) is 0.560. The van der Waals surface area contributed by atoms with Crippen molar-refractivity contribution in [3.63, 3.8) is 0 Å². The first-order chi connectivity index (χ1) is 16.7. The number of ether oxygens (including phenoxy) is 1. The molecule has 11 heteroatoms. The lowest BCUT2D eigenvalue weighted by atomic mass is 9.79. The van der Waals surface area contributed by atoms with E-state index in [1.54, 1.807) is 62.7 Å². The van der Waals surface area contributed by atoms with E-state index in [1.807, 2.05) is 6.92 Å². The van der Waals surface area contributed by atoms with Gasteiger partial charge < -0.3 is 19.9 Å². The highest BCUT2D eigenvalue weighted by Crippen LogP contribution is 2.38. The Kier molecular flexibility index (Phi) is 6.30. The Morgan fingerprint density at radius 1 is 1.17 bits per heavy atom. The van der Waals surface area contributed by atoms with Crippen molar-refractivity contribution in [2.45, 2.75) is 77.1 Å². The number of amides is 3. The lowest BCUT2D eigenvalue weighted by Crippen LogP contribution is -2.76. The van der Waals surface area contributed by atoms with Gasteiger partial charge in [0.25, 0.3) is 0 Å². The second kappa shape index (κ2) is 8.86. The van der Waals surface area contributed by atoms with E-state index >= 15 is 0 Å². The number of nitrogens with zero attached hydrogens (tertiary/aromatic N) is 5. The molecule has 0 saturated carbocycles. The smallest absolute Gasteiger partial charge is 0.410 e. The summed E-state index contributed by atoms with van der Waals surface area (Å²) in [5.74, 6) is -0.482. The van der Waals surface area contributed by atoms with E-state index in [0.29, 0.717) is 18.9 Å². The Morgan fingerprint density at radius 2 is 1.83 bits per heavy atom. The van der Waals surface area contributed by atoms with Crippen LogP contribution in [0.5, 0.6) is 0 Å². The van der Waals surface area contributed by atoms with Crippen LogP contribution in [0.15, 0.2) is 30.7 Å². The molecule has 2 aliphatic heterocycles. The van der Waals surface area contributed by atoms with Crippen LogP contribution in [-0.2, 0) is 14.3 Å². The third-order valence-electron chi connectivity index (χ3n) is 6.83. The SMILES string of the molecule is C[C@@H](c1ccc(-n2cc(F)cn2)nc1)N1C(=O)C2(CCN(C(=O)OC(C)(C)C)CC2)NC(=O)C1(C)C. The van der Waals surface area contributed by atoms with Gasteiger partial charge in [-0.25, -0.2) is 18.9 Å². The summed E-state index contributed by atoms with van der Waals surface area (Å²) in [6, 6.07) is 3.02. The first-order valence-corrected chi connectivity index (χ1v) is 12.0. The summed E-state index contributed by atoms with van der Waals surface area (Å²) in [6.45, 7) is 11.3. The molecule has 1 atom stereocenters. The summed E-state index contributed by atoms with van der Waals surface area (Å²) in [7, 11) is 0. The van der Waals surface area contributed by atoms with Crippen molar-refractivity contribution >= 4 is 17.9 Å². The van der Waals surface area contributed by atoms with Crippen LogP contribution in [-0.4, -0.2) is 72.2 Å². The fourth-order valence-corrected chi connectivity index (χ4v) is 4.77. The molecule has 2 aliphatic rings. The lowest BCUT2D eigenvalue weighted by Gasteiger charge is -2.54.